The monoisotopic (exact) mass is 341 g/mol. The van der Waals surface area contributed by atoms with Gasteiger partial charge in [0.1, 0.15) is 5.75 Å². The van der Waals surface area contributed by atoms with Gasteiger partial charge in [0, 0.05) is 6.42 Å². The molecule has 2 N–H and O–H groups in total. The number of aryl methyl sites for hydroxylation is 1. The van der Waals surface area contributed by atoms with Crippen molar-refractivity contribution in [3.63, 3.8) is 0 Å². The van der Waals surface area contributed by atoms with Gasteiger partial charge in [0.05, 0.1) is 19.1 Å². The molecule has 0 fully saturated rings. The Labute approximate surface area is 147 Å². The van der Waals surface area contributed by atoms with E-state index in [1.807, 2.05) is 54.6 Å². The van der Waals surface area contributed by atoms with E-state index in [0.717, 1.165) is 16.9 Å². The Morgan fingerprint density at radius 2 is 1.72 bits per heavy atom. The van der Waals surface area contributed by atoms with Gasteiger partial charge in [-0.15, -0.1) is 0 Å². The van der Waals surface area contributed by atoms with Crippen LogP contribution >= 0.6 is 0 Å². The molecule has 0 aromatic heterocycles. The molecule has 5 heteroatoms. The molecule has 2 unspecified atom stereocenters. The van der Waals surface area contributed by atoms with Crippen molar-refractivity contribution in [2.24, 2.45) is 5.92 Å². The Balaban J connectivity index is 2.00. The van der Waals surface area contributed by atoms with Gasteiger partial charge in [0.15, 0.2) is 0 Å². The smallest absolute Gasteiger partial charge is 0.308 e. The third kappa shape index (κ3) is 5.35. The zero-order chi connectivity index (χ0) is 18.2. The van der Waals surface area contributed by atoms with Gasteiger partial charge in [0.25, 0.3) is 0 Å². The first-order valence-electron chi connectivity index (χ1n) is 8.21. The number of hydrogen-bond donors (Lipinski definition) is 2. The highest BCUT2D eigenvalue weighted by atomic mass is 16.5. The minimum absolute atomic E-state index is 0.169. The zero-order valence-electron chi connectivity index (χ0n) is 14.4. The van der Waals surface area contributed by atoms with Crippen LogP contribution < -0.4 is 10.1 Å². The molecule has 0 saturated heterocycles. The Morgan fingerprint density at radius 3 is 2.28 bits per heavy atom. The predicted octanol–water partition coefficient (Wildman–Crippen LogP) is 3.21. The second kappa shape index (κ2) is 8.87. The second-order valence-electron chi connectivity index (χ2n) is 5.93. The minimum Gasteiger partial charge on any atom is -0.497 e. The van der Waals surface area contributed by atoms with Crippen molar-refractivity contribution >= 4 is 11.9 Å². The molecule has 0 aliphatic rings. The van der Waals surface area contributed by atoms with Crippen molar-refractivity contribution in [3.8, 4) is 5.75 Å². The Hall–Kier alpha value is -2.82. The van der Waals surface area contributed by atoms with Crippen molar-refractivity contribution in [2.75, 3.05) is 7.11 Å². The van der Waals surface area contributed by atoms with Gasteiger partial charge >= 0.3 is 5.97 Å². The summed E-state index contributed by atoms with van der Waals surface area (Å²) >= 11 is 0. The summed E-state index contributed by atoms with van der Waals surface area (Å²) in [5.74, 6) is -1.05. The topological polar surface area (TPSA) is 75.6 Å². The van der Waals surface area contributed by atoms with Crippen LogP contribution in [0.2, 0.25) is 0 Å². The van der Waals surface area contributed by atoms with Crippen LogP contribution in [0.3, 0.4) is 0 Å². The van der Waals surface area contributed by atoms with Crippen LogP contribution in [0, 0.1) is 5.92 Å². The lowest BCUT2D eigenvalue weighted by Crippen LogP contribution is -2.35. The Bertz CT molecular complexity index is 697. The fourth-order valence-electron chi connectivity index (χ4n) is 2.60. The van der Waals surface area contributed by atoms with E-state index in [0.29, 0.717) is 12.8 Å². The van der Waals surface area contributed by atoms with Crippen LogP contribution in [-0.2, 0) is 16.0 Å². The van der Waals surface area contributed by atoms with E-state index in [1.165, 1.54) is 0 Å². The molecule has 0 heterocycles. The molecule has 0 radical (unpaired) electrons. The molecule has 132 valence electrons. The Morgan fingerprint density at radius 1 is 1.08 bits per heavy atom. The number of amides is 1. The molecule has 2 atom stereocenters. The van der Waals surface area contributed by atoms with E-state index in [-0.39, 0.29) is 5.91 Å². The quantitative estimate of drug-likeness (QED) is 0.773. The van der Waals surface area contributed by atoms with E-state index >= 15 is 0 Å². The summed E-state index contributed by atoms with van der Waals surface area (Å²) in [5.41, 5.74) is 1.81. The molecule has 1 amide bonds. The first-order valence-corrected chi connectivity index (χ1v) is 8.21. The third-order valence-corrected chi connectivity index (χ3v) is 4.16. The molecule has 5 nitrogen and oxygen atoms in total. The van der Waals surface area contributed by atoms with Gasteiger partial charge in [-0.25, -0.2) is 0 Å². The number of carboxylic acids is 1. The van der Waals surface area contributed by atoms with Gasteiger partial charge < -0.3 is 15.2 Å². The number of carbonyl (C=O) groups excluding carboxylic acids is 1. The van der Waals surface area contributed by atoms with Gasteiger partial charge in [0.2, 0.25) is 5.91 Å². The van der Waals surface area contributed by atoms with Crippen molar-refractivity contribution in [1.82, 2.24) is 5.32 Å². The standard InChI is InChI=1S/C20H23NO4/c1-14(20(23)24)19(16-6-4-3-5-7-16)21-18(22)13-10-15-8-11-17(25-2)12-9-15/h3-9,11-12,14,19H,10,13H2,1-2H3,(H,21,22)(H,23,24). The summed E-state index contributed by atoms with van der Waals surface area (Å²) < 4.78 is 5.11. The molecular formula is C20H23NO4. The molecule has 0 spiro atoms. The van der Waals surface area contributed by atoms with Crippen LogP contribution in [0.4, 0.5) is 0 Å². The average Bonchev–Trinajstić information content (AvgIpc) is 2.65. The number of benzene rings is 2. The summed E-state index contributed by atoms with van der Waals surface area (Å²) in [6.07, 6.45) is 0.876. The molecule has 25 heavy (non-hydrogen) atoms. The number of carbonyl (C=O) groups is 2. The fourth-order valence-corrected chi connectivity index (χ4v) is 2.60. The first-order chi connectivity index (χ1) is 12.0. The highest BCUT2D eigenvalue weighted by molar-refractivity contribution is 5.78. The van der Waals surface area contributed by atoms with Gasteiger partial charge in [-0.05, 0) is 36.6 Å². The zero-order valence-corrected chi connectivity index (χ0v) is 14.4. The number of hydrogen-bond acceptors (Lipinski definition) is 3. The van der Waals surface area contributed by atoms with Crippen LogP contribution in [0.25, 0.3) is 0 Å². The molecular weight excluding hydrogens is 318 g/mol. The second-order valence-corrected chi connectivity index (χ2v) is 5.93. The number of nitrogens with one attached hydrogen (secondary N) is 1. The Kier molecular flexibility index (Phi) is 6.57. The third-order valence-electron chi connectivity index (χ3n) is 4.16. The summed E-state index contributed by atoms with van der Waals surface area (Å²) in [5, 5.41) is 12.2. The van der Waals surface area contributed by atoms with E-state index < -0.39 is 17.9 Å². The van der Waals surface area contributed by atoms with E-state index in [2.05, 4.69) is 5.32 Å². The van der Waals surface area contributed by atoms with Crippen LogP contribution in [-0.4, -0.2) is 24.1 Å². The molecule has 2 aromatic carbocycles. The van der Waals surface area contributed by atoms with Crippen LogP contribution in [0.1, 0.15) is 30.5 Å². The lowest BCUT2D eigenvalue weighted by atomic mass is 9.94. The minimum atomic E-state index is -0.940. The summed E-state index contributed by atoms with van der Waals surface area (Å²) in [6, 6.07) is 16.2. The fraction of sp³-hybridized carbons (Fsp3) is 0.300. The average molecular weight is 341 g/mol. The van der Waals surface area contributed by atoms with Gasteiger partial charge in [-0.3, -0.25) is 9.59 Å². The predicted molar refractivity (Wildman–Crippen MR) is 95.4 cm³/mol. The number of rotatable bonds is 8. The lowest BCUT2D eigenvalue weighted by Gasteiger charge is -2.23. The maximum Gasteiger partial charge on any atom is 0.308 e. The van der Waals surface area contributed by atoms with Gasteiger partial charge in [-0.2, -0.15) is 0 Å². The normalized spacial score (nSPS) is 12.9. The van der Waals surface area contributed by atoms with E-state index in [1.54, 1.807) is 14.0 Å². The maximum absolute atomic E-state index is 12.3. The van der Waals surface area contributed by atoms with Crippen molar-refractivity contribution in [2.45, 2.75) is 25.8 Å². The van der Waals surface area contributed by atoms with E-state index in [9.17, 15) is 14.7 Å². The number of methoxy groups -OCH3 is 1. The SMILES string of the molecule is COc1ccc(CCC(=O)NC(c2ccccc2)C(C)C(=O)O)cc1. The highest BCUT2D eigenvalue weighted by Crippen LogP contribution is 2.22. The lowest BCUT2D eigenvalue weighted by molar-refractivity contribution is -0.142. The van der Waals surface area contributed by atoms with Crippen molar-refractivity contribution < 1.29 is 19.4 Å². The number of aliphatic carboxylic acids is 1. The molecule has 0 bridgehead atoms. The summed E-state index contributed by atoms with van der Waals surface area (Å²) in [7, 11) is 1.61. The molecule has 0 aliphatic heterocycles. The van der Waals surface area contributed by atoms with E-state index in [4.69, 9.17) is 4.74 Å². The summed E-state index contributed by atoms with van der Waals surface area (Å²) in [6.45, 7) is 1.60. The molecule has 0 saturated carbocycles. The first kappa shape index (κ1) is 18.5. The molecule has 0 aliphatic carbocycles. The molecule has 2 aromatic rings. The number of carboxylic acid groups (broad SMARTS) is 1. The van der Waals surface area contributed by atoms with Gasteiger partial charge in [-0.1, -0.05) is 42.5 Å². The summed E-state index contributed by atoms with van der Waals surface area (Å²) in [4.78, 5) is 23.7. The van der Waals surface area contributed by atoms with Crippen molar-refractivity contribution in [3.05, 3.63) is 65.7 Å². The van der Waals surface area contributed by atoms with Crippen molar-refractivity contribution in [1.29, 1.82) is 0 Å². The highest BCUT2D eigenvalue weighted by Gasteiger charge is 2.26. The maximum atomic E-state index is 12.3. The van der Waals surface area contributed by atoms with Crippen LogP contribution in [0.15, 0.2) is 54.6 Å². The largest absolute Gasteiger partial charge is 0.497 e. The molecule has 2 rings (SSSR count). The van der Waals surface area contributed by atoms with Crippen LogP contribution in [0.5, 0.6) is 5.75 Å². The number of ether oxygens (including phenoxy) is 1.